The van der Waals surface area contributed by atoms with Gasteiger partial charge in [-0.15, -0.1) is 0 Å². The zero-order chi connectivity index (χ0) is 9.26. The molecule has 1 aliphatic heterocycles. The monoisotopic (exact) mass is 180 g/mol. The van der Waals surface area contributed by atoms with Crippen LogP contribution in [0.4, 0.5) is 0 Å². The molecule has 1 aromatic carbocycles. The first-order valence-electron chi connectivity index (χ1n) is 4.24. The average Bonchev–Trinajstić information content (AvgIpc) is 2.08. The van der Waals surface area contributed by atoms with Gasteiger partial charge in [0.1, 0.15) is 18.0 Å². The van der Waals surface area contributed by atoms with E-state index in [0.29, 0.717) is 6.61 Å². The Morgan fingerprint density at radius 1 is 1.38 bits per heavy atom. The van der Waals surface area contributed by atoms with Crippen molar-refractivity contribution in [3.63, 3.8) is 0 Å². The van der Waals surface area contributed by atoms with E-state index in [1.807, 2.05) is 12.1 Å². The first-order chi connectivity index (χ1) is 6.31. The molecule has 0 spiro atoms. The van der Waals surface area contributed by atoms with Gasteiger partial charge in [0.25, 0.3) is 0 Å². The van der Waals surface area contributed by atoms with Crippen molar-refractivity contribution in [1.82, 2.24) is 0 Å². The van der Waals surface area contributed by atoms with Gasteiger partial charge in [0.2, 0.25) is 0 Å². The zero-order valence-corrected chi connectivity index (χ0v) is 7.43. The largest absolute Gasteiger partial charge is 0.508 e. The molecule has 1 fully saturated rings. The van der Waals surface area contributed by atoms with Gasteiger partial charge in [0.15, 0.2) is 0 Å². The lowest BCUT2D eigenvalue weighted by atomic mass is 10.0. The number of phenols is 1. The highest BCUT2D eigenvalue weighted by Gasteiger charge is 2.33. The highest BCUT2D eigenvalue weighted by atomic mass is 16.6. The standard InChI is InChI=1S/C10H12O3/c1-12-9-6-13-10(9)7-2-4-8(11)5-3-7/h2-5,9-11H,6H2,1H3. The maximum atomic E-state index is 9.08. The first-order valence-corrected chi connectivity index (χ1v) is 4.24. The molecule has 70 valence electrons. The van der Waals surface area contributed by atoms with Gasteiger partial charge in [-0.1, -0.05) is 12.1 Å². The van der Waals surface area contributed by atoms with E-state index in [0.717, 1.165) is 5.56 Å². The summed E-state index contributed by atoms with van der Waals surface area (Å²) in [6.45, 7) is 0.655. The Bertz CT molecular complexity index is 279. The number of aromatic hydroxyl groups is 1. The molecule has 0 amide bonds. The molecule has 3 nitrogen and oxygen atoms in total. The van der Waals surface area contributed by atoms with Gasteiger partial charge in [-0.2, -0.15) is 0 Å². The number of hydrogen-bond acceptors (Lipinski definition) is 3. The minimum Gasteiger partial charge on any atom is -0.508 e. The molecule has 0 aromatic heterocycles. The van der Waals surface area contributed by atoms with E-state index < -0.39 is 0 Å². The molecule has 0 radical (unpaired) electrons. The minimum absolute atomic E-state index is 0.0330. The number of benzene rings is 1. The van der Waals surface area contributed by atoms with Crippen LogP contribution in [0.2, 0.25) is 0 Å². The summed E-state index contributed by atoms with van der Waals surface area (Å²) >= 11 is 0. The van der Waals surface area contributed by atoms with Gasteiger partial charge in [-0.3, -0.25) is 0 Å². The third-order valence-corrected chi connectivity index (χ3v) is 2.30. The van der Waals surface area contributed by atoms with Crippen LogP contribution in [-0.2, 0) is 9.47 Å². The van der Waals surface area contributed by atoms with Gasteiger partial charge in [0, 0.05) is 7.11 Å². The topological polar surface area (TPSA) is 38.7 Å². The summed E-state index contributed by atoms with van der Waals surface area (Å²) in [5.74, 6) is 0.275. The van der Waals surface area contributed by atoms with Crippen LogP contribution in [0.1, 0.15) is 11.7 Å². The number of ether oxygens (including phenoxy) is 2. The Morgan fingerprint density at radius 2 is 2.08 bits per heavy atom. The Balaban J connectivity index is 2.12. The van der Waals surface area contributed by atoms with Crippen LogP contribution in [0.15, 0.2) is 24.3 Å². The third-order valence-electron chi connectivity index (χ3n) is 2.30. The molecule has 2 rings (SSSR count). The molecular formula is C10H12O3. The molecular weight excluding hydrogens is 168 g/mol. The molecule has 1 aromatic rings. The molecule has 0 bridgehead atoms. The minimum atomic E-state index is 0.0330. The second-order valence-electron chi connectivity index (χ2n) is 3.12. The summed E-state index contributed by atoms with van der Waals surface area (Å²) < 4.78 is 10.5. The highest BCUT2D eigenvalue weighted by molar-refractivity contribution is 5.28. The van der Waals surface area contributed by atoms with Crippen molar-refractivity contribution in [3.8, 4) is 5.75 Å². The van der Waals surface area contributed by atoms with Crippen molar-refractivity contribution in [2.24, 2.45) is 0 Å². The summed E-state index contributed by atoms with van der Waals surface area (Å²) in [7, 11) is 1.68. The summed E-state index contributed by atoms with van der Waals surface area (Å²) in [5.41, 5.74) is 1.05. The lowest BCUT2D eigenvalue weighted by Crippen LogP contribution is -2.39. The second-order valence-corrected chi connectivity index (χ2v) is 3.12. The first kappa shape index (κ1) is 8.53. The summed E-state index contributed by atoms with van der Waals surface area (Å²) in [4.78, 5) is 0. The molecule has 13 heavy (non-hydrogen) atoms. The van der Waals surface area contributed by atoms with E-state index in [2.05, 4.69) is 0 Å². The molecule has 1 N–H and O–H groups in total. The van der Waals surface area contributed by atoms with E-state index in [4.69, 9.17) is 14.6 Å². The molecule has 0 saturated carbocycles. The molecule has 0 aliphatic carbocycles. The van der Waals surface area contributed by atoms with Gasteiger partial charge < -0.3 is 14.6 Å². The van der Waals surface area contributed by atoms with Crippen molar-refractivity contribution in [3.05, 3.63) is 29.8 Å². The van der Waals surface area contributed by atoms with Crippen molar-refractivity contribution in [2.45, 2.75) is 12.2 Å². The Labute approximate surface area is 76.9 Å². The van der Waals surface area contributed by atoms with Crippen LogP contribution in [0.3, 0.4) is 0 Å². The molecule has 1 saturated heterocycles. The smallest absolute Gasteiger partial charge is 0.115 e. The maximum Gasteiger partial charge on any atom is 0.115 e. The second kappa shape index (κ2) is 3.36. The van der Waals surface area contributed by atoms with Crippen LogP contribution >= 0.6 is 0 Å². The van der Waals surface area contributed by atoms with Gasteiger partial charge >= 0.3 is 0 Å². The summed E-state index contributed by atoms with van der Waals surface area (Å²) in [5, 5.41) is 9.08. The Morgan fingerprint density at radius 3 is 2.54 bits per heavy atom. The van der Waals surface area contributed by atoms with Crippen molar-refractivity contribution < 1.29 is 14.6 Å². The van der Waals surface area contributed by atoms with Crippen molar-refractivity contribution >= 4 is 0 Å². The molecule has 1 aliphatic rings. The predicted octanol–water partition coefficient (Wildman–Crippen LogP) is 1.48. The molecule has 2 unspecified atom stereocenters. The number of phenolic OH excluding ortho intramolecular Hbond substituents is 1. The lowest BCUT2D eigenvalue weighted by Gasteiger charge is -2.35. The van der Waals surface area contributed by atoms with E-state index in [9.17, 15) is 0 Å². The highest BCUT2D eigenvalue weighted by Crippen LogP contribution is 2.32. The molecule has 1 heterocycles. The van der Waals surface area contributed by atoms with Crippen LogP contribution in [0.25, 0.3) is 0 Å². The van der Waals surface area contributed by atoms with Crippen molar-refractivity contribution in [1.29, 1.82) is 0 Å². The van der Waals surface area contributed by atoms with E-state index in [-0.39, 0.29) is 18.0 Å². The normalized spacial score (nSPS) is 26.8. The fraction of sp³-hybridized carbons (Fsp3) is 0.400. The van der Waals surface area contributed by atoms with Crippen LogP contribution in [0.5, 0.6) is 5.75 Å². The predicted molar refractivity (Wildman–Crippen MR) is 47.6 cm³/mol. The quantitative estimate of drug-likeness (QED) is 0.749. The van der Waals surface area contributed by atoms with Crippen molar-refractivity contribution in [2.75, 3.05) is 13.7 Å². The third kappa shape index (κ3) is 1.53. The SMILES string of the molecule is COC1COC1c1ccc(O)cc1. The van der Waals surface area contributed by atoms with E-state index in [1.54, 1.807) is 19.2 Å². The molecule has 2 atom stereocenters. The fourth-order valence-corrected chi connectivity index (χ4v) is 1.44. The number of hydrogen-bond donors (Lipinski definition) is 1. The lowest BCUT2D eigenvalue weighted by molar-refractivity contribution is -0.179. The average molecular weight is 180 g/mol. The molecule has 3 heteroatoms. The van der Waals surface area contributed by atoms with Crippen LogP contribution in [0, 0.1) is 0 Å². The van der Waals surface area contributed by atoms with E-state index in [1.165, 1.54) is 0 Å². The van der Waals surface area contributed by atoms with E-state index >= 15 is 0 Å². The number of rotatable bonds is 2. The van der Waals surface area contributed by atoms with Gasteiger partial charge in [-0.25, -0.2) is 0 Å². The Kier molecular flexibility index (Phi) is 2.20. The summed E-state index contributed by atoms with van der Waals surface area (Å²) in [6, 6.07) is 7.02. The Hall–Kier alpha value is -1.06. The van der Waals surface area contributed by atoms with Crippen LogP contribution in [-0.4, -0.2) is 24.9 Å². The van der Waals surface area contributed by atoms with Gasteiger partial charge in [0.05, 0.1) is 6.61 Å². The fourth-order valence-electron chi connectivity index (χ4n) is 1.44. The number of methoxy groups -OCH3 is 1. The summed E-state index contributed by atoms with van der Waals surface area (Å²) in [6.07, 6.45) is 0.190. The zero-order valence-electron chi connectivity index (χ0n) is 7.43. The van der Waals surface area contributed by atoms with Gasteiger partial charge in [-0.05, 0) is 17.7 Å². The van der Waals surface area contributed by atoms with Crippen LogP contribution < -0.4 is 0 Å². The maximum absolute atomic E-state index is 9.08.